The van der Waals surface area contributed by atoms with E-state index in [4.69, 9.17) is 23.2 Å². The fourth-order valence-corrected chi connectivity index (χ4v) is 2.65. The van der Waals surface area contributed by atoms with E-state index in [0.29, 0.717) is 22.1 Å². The Kier molecular flexibility index (Phi) is 4.35. The zero-order valence-electron chi connectivity index (χ0n) is 10.3. The molecule has 0 aromatic heterocycles. The van der Waals surface area contributed by atoms with E-state index >= 15 is 0 Å². The predicted molar refractivity (Wildman–Crippen MR) is 74.8 cm³/mol. The molecular formula is C14H19Cl2N. The maximum Gasteiger partial charge on any atom is 0.0595 e. The van der Waals surface area contributed by atoms with Crippen LogP contribution < -0.4 is 5.32 Å². The molecule has 3 unspecified atom stereocenters. The Hall–Kier alpha value is -0.240. The smallest absolute Gasteiger partial charge is 0.0595 e. The molecular weight excluding hydrogens is 253 g/mol. The molecule has 1 aromatic carbocycles. The van der Waals surface area contributed by atoms with Gasteiger partial charge < -0.3 is 5.32 Å². The van der Waals surface area contributed by atoms with Crippen LogP contribution in [0.4, 0.5) is 0 Å². The van der Waals surface area contributed by atoms with Gasteiger partial charge in [0.05, 0.1) is 10.0 Å². The lowest BCUT2D eigenvalue weighted by Gasteiger charge is -2.15. The fourth-order valence-electron chi connectivity index (χ4n) is 2.34. The van der Waals surface area contributed by atoms with E-state index in [1.165, 1.54) is 24.8 Å². The molecule has 17 heavy (non-hydrogen) atoms. The highest BCUT2D eigenvalue weighted by Crippen LogP contribution is 2.36. The lowest BCUT2D eigenvalue weighted by atomic mass is 10.1. The van der Waals surface area contributed by atoms with Gasteiger partial charge in [-0.1, -0.05) is 42.6 Å². The first-order valence-corrected chi connectivity index (χ1v) is 7.08. The second kappa shape index (κ2) is 5.60. The third kappa shape index (κ3) is 3.37. The SMILES string of the molecule is CCCC1CC1NC(C)c1ccc(Cl)c(Cl)c1. The van der Waals surface area contributed by atoms with Crippen molar-refractivity contribution >= 4 is 23.2 Å². The van der Waals surface area contributed by atoms with Crippen LogP contribution in [0.15, 0.2) is 18.2 Å². The van der Waals surface area contributed by atoms with Gasteiger partial charge in [-0.2, -0.15) is 0 Å². The Morgan fingerprint density at radius 2 is 2.12 bits per heavy atom. The van der Waals surface area contributed by atoms with Crippen LogP contribution in [-0.2, 0) is 0 Å². The molecule has 0 heterocycles. The van der Waals surface area contributed by atoms with E-state index in [0.717, 1.165) is 5.92 Å². The van der Waals surface area contributed by atoms with Crippen LogP contribution in [-0.4, -0.2) is 6.04 Å². The van der Waals surface area contributed by atoms with Crippen molar-refractivity contribution in [2.45, 2.75) is 45.2 Å². The highest BCUT2D eigenvalue weighted by atomic mass is 35.5. The van der Waals surface area contributed by atoms with Gasteiger partial charge in [0.1, 0.15) is 0 Å². The maximum absolute atomic E-state index is 6.03. The quantitative estimate of drug-likeness (QED) is 0.809. The number of rotatable bonds is 5. The minimum atomic E-state index is 0.344. The average Bonchev–Trinajstić information content (AvgIpc) is 3.01. The van der Waals surface area contributed by atoms with Crippen LogP contribution in [0.2, 0.25) is 10.0 Å². The van der Waals surface area contributed by atoms with Crippen molar-refractivity contribution < 1.29 is 0 Å². The summed E-state index contributed by atoms with van der Waals surface area (Å²) in [5.74, 6) is 0.880. The number of halogens is 2. The van der Waals surface area contributed by atoms with E-state index in [1.54, 1.807) is 0 Å². The van der Waals surface area contributed by atoms with E-state index < -0.39 is 0 Å². The van der Waals surface area contributed by atoms with Gasteiger partial charge in [-0.25, -0.2) is 0 Å². The summed E-state index contributed by atoms with van der Waals surface area (Å²) in [6.45, 7) is 4.43. The molecule has 1 nitrogen and oxygen atoms in total. The van der Waals surface area contributed by atoms with Crippen molar-refractivity contribution in [1.29, 1.82) is 0 Å². The first kappa shape index (κ1) is 13.2. The van der Waals surface area contributed by atoms with Crippen molar-refractivity contribution in [2.24, 2.45) is 5.92 Å². The largest absolute Gasteiger partial charge is 0.307 e. The van der Waals surface area contributed by atoms with E-state index in [9.17, 15) is 0 Å². The summed E-state index contributed by atoms with van der Waals surface area (Å²) in [4.78, 5) is 0. The van der Waals surface area contributed by atoms with Crippen molar-refractivity contribution in [1.82, 2.24) is 5.32 Å². The van der Waals surface area contributed by atoms with Crippen LogP contribution >= 0.6 is 23.2 Å². The van der Waals surface area contributed by atoms with Crippen LogP contribution in [0, 0.1) is 5.92 Å². The Bertz CT molecular complexity index is 392. The number of hydrogen-bond donors (Lipinski definition) is 1. The lowest BCUT2D eigenvalue weighted by Crippen LogP contribution is -2.22. The first-order valence-electron chi connectivity index (χ1n) is 6.32. The van der Waals surface area contributed by atoms with Crippen molar-refractivity contribution in [3.63, 3.8) is 0 Å². The fraction of sp³-hybridized carbons (Fsp3) is 0.571. The summed E-state index contributed by atoms with van der Waals surface area (Å²) < 4.78 is 0. The highest BCUT2D eigenvalue weighted by molar-refractivity contribution is 6.42. The summed E-state index contributed by atoms with van der Waals surface area (Å²) in [7, 11) is 0. The summed E-state index contributed by atoms with van der Waals surface area (Å²) in [5.41, 5.74) is 1.21. The number of hydrogen-bond acceptors (Lipinski definition) is 1. The standard InChI is InChI=1S/C14H19Cl2N/c1-3-4-11-8-14(11)17-9(2)10-5-6-12(15)13(16)7-10/h5-7,9,11,14,17H,3-4,8H2,1-2H3. The van der Waals surface area contributed by atoms with Crippen LogP contribution in [0.5, 0.6) is 0 Å². The third-order valence-electron chi connectivity index (χ3n) is 3.49. The molecule has 1 N–H and O–H groups in total. The molecule has 3 heteroatoms. The first-order chi connectivity index (χ1) is 8.11. The van der Waals surface area contributed by atoms with Gasteiger partial charge >= 0.3 is 0 Å². The van der Waals surface area contributed by atoms with Gasteiger partial charge in [0.2, 0.25) is 0 Å². The molecule has 3 atom stereocenters. The molecule has 0 bridgehead atoms. The highest BCUT2D eigenvalue weighted by Gasteiger charge is 2.36. The van der Waals surface area contributed by atoms with Gasteiger partial charge in [0, 0.05) is 12.1 Å². The second-order valence-corrected chi connectivity index (χ2v) is 5.77. The Balaban J connectivity index is 1.91. The van der Waals surface area contributed by atoms with Crippen LogP contribution in [0.1, 0.15) is 44.7 Å². The molecule has 1 aliphatic carbocycles. The van der Waals surface area contributed by atoms with Crippen molar-refractivity contribution in [3.05, 3.63) is 33.8 Å². The van der Waals surface area contributed by atoms with Gasteiger partial charge in [-0.3, -0.25) is 0 Å². The molecule has 94 valence electrons. The van der Waals surface area contributed by atoms with Crippen LogP contribution in [0.3, 0.4) is 0 Å². The molecule has 0 aliphatic heterocycles. The van der Waals surface area contributed by atoms with Crippen LogP contribution in [0.25, 0.3) is 0 Å². The van der Waals surface area contributed by atoms with Gasteiger partial charge in [0.15, 0.2) is 0 Å². The molecule has 0 saturated heterocycles. The summed E-state index contributed by atoms with van der Waals surface area (Å²) >= 11 is 11.9. The average molecular weight is 272 g/mol. The summed E-state index contributed by atoms with van der Waals surface area (Å²) in [6, 6.07) is 6.91. The minimum Gasteiger partial charge on any atom is -0.307 e. The molecule has 1 aromatic rings. The third-order valence-corrected chi connectivity index (χ3v) is 4.23. The van der Waals surface area contributed by atoms with Crippen molar-refractivity contribution in [2.75, 3.05) is 0 Å². The predicted octanol–water partition coefficient (Wildman–Crippen LogP) is 4.83. The number of nitrogens with one attached hydrogen (secondary N) is 1. The van der Waals surface area contributed by atoms with Gasteiger partial charge in [0.25, 0.3) is 0 Å². The molecule has 1 fully saturated rings. The van der Waals surface area contributed by atoms with E-state index in [1.807, 2.05) is 18.2 Å². The maximum atomic E-state index is 6.03. The lowest BCUT2D eigenvalue weighted by molar-refractivity contribution is 0.530. The van der Waals surface area contributed by atoms with Gasteiger partial charge in [-0.05, 0) is 43.4 Å². The molecule has 0 radical (unpaired) electrons. The zero-order valence-corrected chi connectivity index (χ0v) is 11.9. The molecule has 1 aliphatic rings. The second-order valence-electron chi connectivity index (χ2n) is 4.95. The van der Waals surface area contributed by atoms with Crippen molar-refractivity contribution in [3.8, 4) is 0 Å². The Morgan fingerprint density at radius 1 is 1.35 bits per heavy atom. The molecule has 0 amide bonds. The normalized spacial score (nSPS) is 24.7. The Morgan fingerprint density at radius 3 is 2.76 bits per heavy atom. The number of benzene rings is 1. The summed E-state index contributed by atoms with van der Waals surface area (Å²) in [6.07, 6.45) is 3.94. The summed E-state index contributed by atoms with van der Waals surface area (Å²) in [5, 5.41) is 4.91. The molecule has 1 saturated carbocycles. The molecule has 0 spiro atoms. The minimum absolute atomic E-state index is 0.344. The molecule has 2 rings (SSSR count). The van der Waals surface area contributed by atoms with Gasteiger partial charge in [-0.15, -0.1) is 0 Å². The van der Waals surface area contributed by atoms with E-state index in [-0.39, 0.29) is 0 Å². The van der Waals surface area contributed by atoms with E-state index in [2.05, 4.69) is 19.2 Å². The topological polar surface area (TPSA) is 12.0 Å². The zero-order chi connectivity index (χ0) is 12.4. The Labute approximate surface area is 114 Å². The monoisotopic (exact) mass is 271 g/mol.